The average molecular weight is 260 g/mol. The third-order valence-corrected chi connectivity index (χ3v) is 3.84. The standard InChI is InChI=1S/C14H20N4O/c15-10-5-6-12-13(9-10)17-14(16-12)18(7-2-8-19)11-3-1-4-11/h5-6,9,11,19H,1-4,7-8,15H2,(H,16,17). The van der Waals surface area contributed by atoms with Gasteiger partial charge in [-0.25, -0.2) is 4.98 Å². The first-order chi connectivity index (χ1) is 9.28. The first-order valence-corrected chi connectivity index (χ1v) is 6.90. The lowest BCUT2D eigenvalue weighted by atomic mass is 9.91. The fourth-order valence-corrected chi connectivity index (χ4v) is 2.55. The molecule has 0 amide bonds. The number of aromatic nitrogens is 2. The Kier molecular flexibility index (Phi) is 3.29. The van der Waals surface area contributed by atoms with E-state index < -0.39 is 0 Å². The number of imidazole rings is 1. The number of hydrogen-bond acceptors (Lipinski definition) is 4. The first kappa shape index (κ1) is 12.3. The Labute approximate surface area is 112 Å². The normalized spacial score (nSPS) is 15.6. The summed E-state index contributed by atoms with van der Waals surface area (Å²) in [5.41, 5.74) is 8.45. The van der Waals surface area contributed by atoms with Crippen molar-refractivity contribution in [1.82, 2.24) is 9.97 Å². The molecule has 1 aliphatic carbocycles. The molecule has 0 radical (unpaired) electrons. The van der Waals surface area contributed by atoms with Gasteiger partial charge in [0.2, 0.25) is 5.95 Å². The van der Waals surface area contributed by atoms with Crippen molar-refractivity contribution in [2.24, 2.45) is 0 Å². The minimum Gasteiger partial charge on any atom is -0.399 e. The number of benzene rings is 1. The van der Waals surface area contributed by atoms with Gasteiger partial charge in [0, 0.05) is 24.9 Å². The number of aliphatic hydroxyl groups is 1. The van der Waals surface area contributed by atoms with Crippen molar-refractivity contribution < 1.29 is 5.11 Å². The van der Waals surface area contributed by atoms with Gasteiger partial charge in [-0.3, -0.25) is 0 Å². The van der Waals surface area contributed by atoms with Crippen LogP contribution in [0.2, 0.25) is 0 Å². The predicted molar refractivity (Wildman–Crippen MR) is 77.2 cm³/mol. The number of nitrogen functional groups attached to an aromatic ring is 1. The molecule has 2 aromatic rings. The van der Waals surface area contributed by atoms with Gasteiger partial charge in [-0.05, 0) is 43.9 Å². The minimum absolute atomic E-state index is 0.219. The maximum Gasteiger partial charge on any atom is 0.204 e. The highest BCUT2D eigenvalue weighted by Gasteiger charge is 2.26. The Morgan fingerprint density at radius 1 is 1.42 bits per heavy atom. The van der Waals surface area contributed by atoms with E-state index in [1.807, 2.05) is 18.2 Å². The SMILES string of the molecule is Nc1ccc2nc(N(CCCO)C3CCC3)[nH]c2c1. The number of anilines is 2. The van der Waals surface area contributed by atoms with Gasteiger partial charge in [-0.1, -0.05) is 0 Å². The van der Waals surface area contributed by atoms with Crippen molar-refractivity contribution in [1.29, 1.82) is 0 Å². The van der Waals surface area contributed by atoms with Crippen LogP contribution < -0.4 is 10.6 Å². The second-order valence-electron chi connectivity index (χ2n) is 5.19. The second kappa shape index (κ2) is 5.09. The molecule has 0 bridgehead atoms. The van der Waals surface area contributed by atoms with E-state index in [9.17, 15) is 0 Å². The minimum atomic E-state index is 0.219. The molecule has 1 heterocycles. The number of nitrogens with one attached hydrogen (secondary N) is 1. The maximum atomic E-state index is 9.04. The van der Waals surface area contributed by atoms with Crippen LogP contribution in [-0.4, -0.2) is 34.3 Å². The highest BCUT2D eigenvalue weighted by Crippen LogP contribution is 2.29. The van der Waals surface area contributed by atoms with E-state index in [1.165, 1.54) is 19.3 Å². The molecule has 1 saturated carbocycles. The summed E-state index contributed by atoms with van der Waals surface area (Å²) in [5.74, 6) is 0.902. The Bertz CT molecular complexity index is 562. The lowest BCUT2D eigenvalue weighted by molar-refractivity contribution is 0.282. The molecular formula is C14H20N4O. The zero-order valence-electron chi connectivity index (χ0n) is 11.0. The number of aliphatic hydroxyl groups excluding tert-OH is 1. The Morgan fingerprint density at radius 2 is 2.26 bits per heavy atom. The number of nitrogens with zero attached hydrogens (tertiary/aromatic N) is 2. The molecule has 0 spiro atoms. The van der Waals surface area contributed by atoms with Gasteiger partial charge in [0.15, 0.2) is 0 Å². The van der Waals surface area contributed by atoms with E-state index in [0.717, 1.165) is 35.6 Å². The lowest BCUT2D eigenvalue weighted by Gasteiger charge is -2.37. The summed E-state index contributed by atoms with van der Waals surface area (Å²) in [7, 11) is 0. The third kappa shape index (κ3) is 2.38. The fraction of sp³-hybridized carbons (Fsp3) is 0.500. The van der Waals surface area contributed by atoms with Gasteiger partial charge in [0.05, 0.1) is 11.0 Å². The number of hydrogen-bond donors (Lipinski definition) is 3. The summed E-state index contributed by atoms with van der Waals surface area (Å²) in [4.78, 5) is 10.3. The molecule has 1 aliphatic rings. The van der Waals surface area contributed by atoms with Gasteiger partial charge in [0.1, 0.15) is 0 Å². The number of aromatic amines is 1. The summed E-state index contributed by atoms with van der Waals surface area (Å²) in [6.07, 6.45) is 4.48. The van der Waals surface area contributed by atoms with Crippen LogP contribution in [0.25, 0.3) is 11.0 Å². The number of nitrogens with two attached hydrogens (primary N) is 1. The van der Waals surface area contributed by atoms with Gasteiger partial charge in [0.25, 0.3) is 0 Å². The number of rotatable bonds is 5. The fourth-order valence-electron chi connectivity index (χ4n) is 2.55. The largest absolute Gasteiger partial charge is 0.399 e. The summed E-state index contributed by atoms with van der Waals surface area (Å²) in [6, 6.07) is 6.28. The van der Waals surface area contributed by atoms with Crippen LogP contribution in [0.15, 0.2) is 18.2 Å². The predicted octanol–water partition coefficient (Wildman–Crippen LogP) is 1.89. The molecule has 19 heavy (non-hydrogen) atoms. The van der Waals surface area contributed by atoms with Crippen LogP contribution in [0.3, 0.4) is 0 Å². The topological polar surface area (TPSA) is 78.2 Å². The van der Waals surface area contributed by atoms with Crippen molar-refractivity contribution in [2.45, 2.75) is 31.7 Å². The molecule has 1 aromatic heterocycles. The molecule has 0 aliphatic heterocycles. The van der Waals surface area contributed by atoms with E-state index in [1.54, 1.807) is 0 Å². The van der Waals surface area contributed by atoms with E-state index in [-0.39, 0.29) is 6.61 Å². The highest BCUT2D eigenvalue weighted by atomic mass is 16.3. The van der Waals surface area contributed by atoms with Crippen molar-refractivity contribution in [2.75, 3.05) is 23.8 Å². The van der Waals surface area contributed by atoms with E-state index in [4.69, 9.17) is 10.8 Å². The molecular weight excluding hydrogens is 240 g/mol. The number of fused-ring (bicyclic) bond motifs is 1. The molecule has 5 nitrogen and oxygen atoms in total. The van der Waals surface area contributed by atoms with Crippen LogP contribution in [0.5, 0.6) is 0 Å². The van der Waals surface area contributed by atoms with Crippen LogP contribution in [0.4, 0.5) is 11.6 Å². The van der Waals surface area contributed by atoms with Gasteiger partial charge >= 0.3 is 0 Å². The molecule has 1 aromatic carbocycles. The van der Waals surface area contributed by atoms with E-state index in [0.29, 0.717) is 6.04 Å². The van der Waals surface area contributed by atoms with Crippen LogP contribution in [0, 0.1) is 0 Å². The van der Waals surface area contributed by atoms with Gasteiger partial charge in [-0.2, -0.15) is 0 Å². The summed E-state index contributed by atoms with van der Waals surface area (Å²) < 4.78 is 0. The monoisotopic (exact) mass is 260 g/mol. The maximum absolute atomic E-state index is 9.04. The first-order valence-electron chi connectivity index (χ1n) is 6.90. The quantitative estimate of drug-likeness (QED) is 0.717. The van der Waals surface area contributed by atoms with Crippen LogP contribution >= 0.6 is 0 Å². The molecule has 102 valence electrons. The van der Waals surface area contributed by atoms with Crippen molar-refractivity contribution in [3.8, 4) is 0 Å². The smallest absolute Gasteiger partial charge is 0.204 e. The second-order valence-corrected chi connectivity index (χ2v) is 5.19. The third-order valence-electron chi connectivity index (χ3n) is 3.84. The van der Waals surface area contributed by atoms with Gasteiger partial charge < -0.3 is 20.7 Å². The van der Waals surface area contributed by atoms with Crippen LogP contribution in [0.1, 0.15) is 25.7 Å². The molecule has 3 rings (SSSR count). The molecule has 4 N–H and O–H groups in total. The summed E-state index contributed by atoms with van der Waals surface area (Å²) in [6.45, 7) is 1.06. The summed E-state index contributed by atoms with van der Waals surface area (Å²) in [5, 5.41) is 9.04. The van der Waals surface area contributed by atoms with Crippen molar-refractivity contribution in [3.63, 3.8) is 0 Å². The number of H-pyrrole nitrogens is 1. The molecule has 5 heteroatoms. The van der Waals surface area contributed by atoms with Crippen molar-refractivity contribution >= 4 is 22.7 Å². The molecule has 0 unspecified atom stereocenters. The average Bonchev–Trinajstić information content (AvgIpc) is 2.74. The lowest BCUT2D eigenvalue weighted by Crippen LogP contribution is -2.41. The zero-order valence-corrected chi connectivity index (χ0v) is 11.0. The summed E-state index contributed by atoms with van der Waals surface area (Å²) >= 11 is 0. The molecule has 0 saturated heterocycles. The molecule has 0 atom stereocenters. The van der Waals surface area contributed by atoms with Gasteiger partial charge in [-0.15, -0.1) is 0 Å². The zero-order chi connectivity index (χ0) is 13.2. The van der Waals surface area contributed by atoms with Crippen LogP contribution in [-0.2, 0) is 0 Å². The van der Waals surface area contributed by atoms with E-state index >= 15 is 0 Å². The Morgan fingerprint density at radius 3 is 2.95 bits per heavy atom. The Balaban J connectivity index is 1.89. The van der Waals surface area contributed by atoms with Crippen molar-refractivity contribution in [3.05, 3.63) is 18.2 Å². The highest BCUT2D eigenvalue weighted by molar-refractivity contribution is 5.80. The van der Waals surface area contributed by atoms with E-state index in [2.05, 4.69) is 14.9 Å². The molecule has 1 fully saturated rings. The Hall–Kier alpha value is -1.75.